The number of benzene rings is 2. The Kier molecular flexibility index (Phi) is 7.00. The summed E-state index contributed by atoms with van der Waals surface area (Å²) in [6, 6.07) is 16.5. The Balaban J connectivity index is 1.60. The van der Waals surface area contributed by atoms with Gasteiger partial charge in [0.2, 0.25) is 0 Å². The van der Waals surface area contributed by atoms with Crippen molar-refractivity contribution in [2.45, 2.75) is 26.2 Å². The van der Waals surface area contributed by atoms with Crippen molar-refractivity contribution in [3.8, 4) is 11.5 Å². The number of carbonyl (C=O) groups excluding carboxylic acids is 3. The Labute approximate surface area is 170 Å². The van der Waals surface area contributed by atoms with E-state index in [9.17, 15) is 14.4 Å². The number of amides is 2. The van der Waals surface area contributed by atoms with E-state index < -0.39 is 11.8 Å². The van der Waals surface area contributed by atoms with Crippen LogP contribution < -0.4 is 10.1 Å². The van der Waals surface area contributed by atoms with Gasteiger partial charge in [-0.05, 0) is 55.7 Å². The first kappa shape index (κ1) is 20.6. The maximum absolute atomic E-state index is 12.9. The number of ether oxygens (including phenoxy) is 1. The maximum Gasteiger partial charge on any atom is 0.311 e. The van der Waals surface area contributed by atoms with E-state index in [0.29, 0.717) is 37.2 Å². The molecule has 6 heteroatoms. The Hall–Kier alpha value is -3.15. The van der Waals surface area contributed by atoms with Crippen molar-refractivity contribution in [3.63, 3.8) is 0 Å². The van der Waals surface area contributed by atoms with Gasteiger partial charge in [0.15, 0.2) is 5.78 Å². The van der Waals surface area contributed by atoms with Crippen molar-refractivity contribution in [1.82, 2.24) is 10.2 Å². The van der Waals surface area contributed by atoms with Crippen LogP contribution in [-0.2, 0) is 9.59 Å². The van der Waals surface area contributed by atoms with Gasteiger partial charge in [0.25, 0.3) is 0 Å². The van der Waals surface area contributed by atoms with E-state index in [4.69, 9.17) is 4.74 Å². The van der Waals surface area contributed by atoms with Crippen molar-refractivity contribution in [2.75, 3.05) is 19.6 Å². The molecule has 0 unspecified atom stereocenters. The van der Waals surface area contributed by atoms with Gasteiger partial charge < -0.3 is 15.0 Å². The highest BCUT2D eigenvalue weighted by Crippen LogP contribution is 2.25. The molecule has 0 bridgehead atoms. The fourth-order valence-electron chi connectivity index (χ4n) is 3.38. The second-order valence-electron chi connectivity index (χ2n) is 7.15. The molecule has 0 aliphatic carbocycles. The number of piperidine rings is 1. The molecule has 152 valence electrons. The highest BCUT2D eigenvalue weighted by Gasteiger charge is 2.31. The summed E-state index contributed by atoms with van der Waals surface area (Å²) in [5, 5.41) is 2.60. The molecule has 1 atom stereocenters. The monoisotopic (exact) mass is 394 g/mol. The molecule has 1 N–H and O–H groups in total. The lowest BCUT2D eigenvalue weighted by Gasteiger charge is -2.31. The van der Waals surface area contributed by atoms with E-state index in [0.717, 1.165) is 12.2 Å². The molecule has 0 radical (unpaired) electrons. The largest absolute Gasteiger partial charge is 0.457 e. The summed E-state index contributed by atoms with van der Waals surface area (Å²) >= 11 is 0. The normalized spacial score (nSPS) is 16.2. The van der Waals surface area contributed by atoms with Gasteiger partial charge in [-0.1, -0.05) is 25.1 Å². The van der Waals surface area contributed by atoms with Gasteiger partial charge in [-0.15, -0.1) is 0 Å². The number of ketones is 1. The first-order valence-electron chi connectivity index (χ1n) is 10.0. The number of rotatable bonds is 6. The van der Waals surface area contributed by atoms with E-state index in [2.05, 4.69) is 5.32 Å². The third-order valence-electron chi connectivity index (χ3n) is 4.93. The van der Waals surface area contributed by atoms with Crippen molar-refractivity contribution < 1.29 is 19.1 Å². The first-order chi connectivity index (χ1) is 14.1. The Morgan fingerprint density at radius 3 is 2.41 bits per heavy atom. The van der Waals surface area contributed by atoms with Crippen LogP contribution in [0.2, 0.25) is 0 Å². The first-order valence-corrected chi connectivity index (χ1v) is 10.0. The predicted molar refractivity (Wildman–Crippen MR) is 110 cm³/mol. The maximum atomic E-state index is 12.9. The molecular formula is C23H26N2O4. The molecule has 0 saturated carbocycles. The fraction of sp³-hybridized carbons (Fsp3) is 0.348. The van der Waals surface area contributed by atoms with Gasteiger partial charge in [-0.2, -0.15) is 0 Å². The number of para-hydroxylation sites is 1. The van der Waals surface area contributed by atoms with E-state index >= 15 is 0 Å². The van der Waals surface area contributed by atoms with Crippen LogP contribution in [0.1, 0.15) is 36.5 Å². The lowest BCUT2D eigenvalue weighted by molar-refractivity contribution is -0.146. The second kappa shape index (κ2) is 9.87. The highest BCUT2D eigenvalue weighted by atomic mass is 16.5. The lowest BCUT2D eigenvalue weighted by atomic mass is 9.90. The zero-order chi connectivity index (χ0) is 20.6. The van der Waals surface area contributed by atoms with Crippen LogP contribution >= 0.6 is 0 Å². The summed E-state index contributed by atoms with van der Waals surface area (Å²) in [7, 11) is 0. The number of nitrogens with zero attached hydrogens (tertiary/aromatic N) is 1. The SMILES string of the molecule is CCCNC(=O)C(=O)N1CCC[C@H](C(=O)c2ccc(Oc3ccccc3)cc2)C1. The Morgan fingerprint density at radius 1 is 1.03 bits per heavy atom. The smallest absolute Gasteiger partial charge is 0.311 e. The molecule has 2 amide bonds. The van der Waals surface area contributed by atoms with Crippen molar-refractivity contribution >= 4 is 17.6 Å². The summed E-state index contributed by atoms with van der Waals surface area (Å²) in [5.74, 6) is -0.0737. The van der Waals surface area contributed by atoms with E-state index in [1.807, 2.05) is 37.3 Å². The fourth-order valence-corrected chi connectivity index (χ4v) is 3.38. The average molecular weight is 394 g/mol. The molecule has 1 aliphatic rings. The van der Waals surface area contributed by atoms with Crippen LogP contribution in [0.4, 0.5) is 0 Å². The number of hydrogen-bond acceptors (Lipinski definition) is 4. The molecule has 2 aromatic rings. The van der Waals surface area contributed by atoms with Gasteiger partial charge in [0.05, 0.1) is 0 Å². The van der Waals surface area contributed by atoms with Gasteiger partial charge in [0, 0.05) is 31.1 Å². The molecule has 1 fully saturated rings. The standard InChI is InChI=1S/C23H26N2O4/c1-2-14-24-22(27)23(28)25-15-6-7-18(16-25)21(26)17-10-12-20(13-11-17)29-19-8-4-3-5-9-19/h3-5,8-13,18H,2,6-7,14-16H2,1H3,(H,24,27)/t18-/m0/s1. The van der Waals surface area contributed by atoms with Gasteiger partial charge >= 0.3 is 11.8 Å². The van der Waals surface area contributed by atoms with Crippen molar-refractivity contribution in [3.05, 3.63) is 60.2 Å². The van der Waals surface area contributed by atoms with Crippen LogP contribution in [0.5, 0.6) is 11.5 Å². The summed E-state index contributed by atoms with van der Waals surface area (Å²) in [5.41, 5.74) is 0.583. The zero-order valence-electron chi connectivity index (χ0n) is 16.6. The third-order valence-corrected chi connectivity index (χ3v) is 4.93. The van der Waals surface area contributed by atoms with Crippen LogP contribution in [-0.4, -0.2) is 42.1 Å². The predicted octanol–water partition coefficient (Wildman–Crippen LogP) is 3.43. The molecular weight excluding hydrogens is 368 g/mol. The molecule has 3 rings (SSSR count). The molecule has 29 heavy (non-hydrogen) atoms. The molecule has 1 heterocycles. The van der Waals surface area contributed by atoms with Crippen LogP contribution in [0, 0.1) is 5.92 Å². The lowest BCUT2D eigenvalue weighted by Crippen LogP contribution is -2.48. The van der Waals surface area contributed by atoms with Gasteiger partial charge in [0.1, 0.15) is 11.5 Å². The summed E-state index contributed by atoms with van der Waals surface area (Å²) < 4.78 is 5.76. The summed E-state index contributed by atoms with van der Waals surface area (Å²) in [6.45, 7) is 3.18. The molecule has 0 spiro atoms. The quantitative estimate of drug-likeness (QED) is 0.602. The van der Waals surface area contributed by atoms with E-state index in [1.54, 1.807) is 24.3 Å². The van der Waals surface area contributed by atoms with E-state index in [-0.39, 0.29) is 18.2 Å². The number of nitrogens with one attached hydrogen (secondary N) is 1. The summed E-state index contributed by atoms with van der Waals surface area (Å²) in [4.78, 5) is 38.6. The highest BCUT2D eigenvalue weighted by molar-refractivity contribution is 6.35. The number of carbonyl (C=O) groups is 3. The van der Waals surface area contributed by atoms with Crippen LogP contribution in [0.25, 0.3) is 0 Å². The van der Waals surface area contributed by atoms with Gasteiger partial charge in [-0.25, -0.2) is 0 Å². The minimum atomic E-state index is -0.595. The molecule has 1 saturated heterocycles. The van der Waals surface area contributed by atoms with Crippen molar-refractivity contribution in [2.24, 2.45) is 5.92 Å². The van der Waals surface area contributed by atoms with Crippen LogP contribution in [0.3, 0.4) is 0 Å². The van der Waals surface area contributed by atoms with Crippen molar-refractivity contribution in [1.29, 1.82) is 0 Å². The number of Topliss-reactive ketones (excluding diaryl/α,β-unsaturated/α-hetero) is 1. The van der Waals surface area contributed by atoms with Gasteiger partial charge in [-0.3, -0.25) is 14.4 Å². The minimum absolute atomic E-state index is 0.0114. The Morgan fingerprint density at radius 2 is 1.72 bits per heavy atom. The number of hydrogen-bond donors (Lipinski definition) is 1. The topological polar surface area (TPSA) is 75.7 Å². The minimum Gasteiger partial charge on any atom is -0.457 e. The van der Waals surface area contributed by atoms with E-state index in [1.165, 1.54) is 4.90 Å². The Bertz CT molecular complexity index is 849. The third kappa shape index (κ3) is 5.44. The summed E-state index contributed by atoms with van der Waals surface area (Å²) in [6.07, 6.45) is 2.18. The number of likely N-dealkylation sites (tertiary alicyclic amines) is 1. The average Bonchev–Trinajstić information content (AvgIpc) is 2.77. The second-order valence-corrected chi connectivity index (χ2v) is 7.15. The van der Waals surface area contributed by atoms with Crippen LogP contribution in [0.15, 0.2) is 54.6 Å². The molecule has 1 aliphatic heterocycles. The zero-order valence-corrected chi connectivity index (χ0v) is 16.6. The molecule has 0 aromatic heterocycles. The molecule has 6 nitrogen and oxygen atoms in total. The molecule has 2 aromatic carbocycles.